The van der Waals surface area contributed by atoms with E-state index in [1.807, 2.05) is 29.2 Å². The van der Waals surface area contributed by atoms with Gasteiger partial charge in [-0.15, -0.1) is 10.2 Å². The molecule has 146 valence electrons. The van der Waals surface area contributed by atoms with Gasteiger partial charge < -0.3 is 19.3 Å². The van der Waals surface area contributed by atoms with Crippen molar-refractivity contribution < 1.29 is 14.3 Å². The number of benzene rings is 1. The fourth-order valence-corrected chi connectivity index (χ4v) is 3.48. The molecule has 1 aromatic carbocycles. The minimum atomic E-state index is -0.0419. The van der Waals surface area contributed by atoms with Crippen LogP contribution in [0.4, 0.5) is 0 Å². The lowest BCUT2D eigenvalue weighted by Gasteiger charge is -2.32. The third-order valence-electron chi connectivity index (χ3n) is 5.09. The standard InChI is InChI=1S/C20H23N5O3/c1-23-10-12-24(13-11-23)20(26)15-8-9-17(28-3)25-18(21-22-19(15)25)14-6-4-5-7-16(14)27-2/h4-9H,10-13H2,1-3H3. The van der Waals surface area contributed by atoms with Crippen molar-refractivity contribution in [1.29, 1.82) is 0 Å². The molecule has 0 unspecified atom stereocenters. The Kier molecular flexibility index (Phi) is 4.87. The molecule has 3 aromatic rings. The first-order chi connectivity index (χ1) is 13.6. The van der Waals surface area contributed by atoms with Gasteiger partial charge in [0.2, 0.25) is 5.88 Å². The molecule has 1 fully saturated rings. The first-order valence-corrected chi connectivity index (χ1v) is 9.17. The molecular formula is C20H23N5O3. The van der Waals surface area contributed by atoms with Crippen molar-refractivity contribution >= 4 is 11.6 Å². The summed E-state index contributed by atoms with van der Waals surface area (Å²) in [7, 11) is 5.26. The monoisotopic (exact) mass is 381 g/mol. The highest BCUT2D eigenvalue weighted by atomic mass is 16.5. The highest BCUT2D eigenvalue weighted by molar-refractivity contribution is 6.00. The molecule has 0 radical (unpaired) electrons. The number of carbonyl (C=O) groups excluding carboxylic acids is 1. The first kappa shape index (κ1) is 18.2. The van der Waals surface area contributed by atoms with E-state index >= 15 is 0 Å². The number of para-hydroxylation sites is 1. The van der Waals surface area contributed by atoms with Crippen molar-refractivity contribution in [2.24, 2.45) is 0 Å². The summed E-state index contributed by atoms with van der Waals surface area (Å²) in [5.41, 5.74) is 1.77. The van der Waals surface area contributed by atoms with Gasteiger partial charge in [-0.1, -0.05) is 12.1 Å². The van der Waals surface area contributed by atoms with Crippen molar-refractivity contribution in [2.45, 2.75) is 0 Å². The van der Waals surface area contributed by atoms with Crippen LogP contribution in [0.3, 0.4) is 0 Å². The van der Waals surface area contributed by atoms with Crippen molar-refractivity contribution in [1.82, 2.24) is 24.4 Å². The van der Waals surface area contributed by atoms with Crippen molar-refractivity contribution in [3.05, 3.63) is 42.0 Å². The smallest absolute Gasteiger partial charge is 0.257 e. The maximum atomic E-state index is 13.1. The molecule has 1 amide bonds. The highest BCUT2D eigenvalue weighted by Gasteiger charge is 2.25. The Bertz CT molecular complexity index is 1010. The van der Waals surface area contributed by atoms with Crippen LogP contribution >= 0.6 is 0 Å². The van der Waals surface area contributed by atoms with E-state index in [1.54, 1.807) is 30.8 Å². The predicted octanol–water partition coefficient (Wildman–Crippen LogP) is 1.80. The van der Waals surface area contributed by atoms with Crippen LogP contribution in [0.2, 0.25) is 0 Å². The first-order valence-electron chi connectivity index (χ1n) is 9.17. The molecule has 3 heterocycles. The molecule has 0 spiro atoms. The largest absolute Gasteiger partial charge is 0.496 e. The quantitative estimate of drug-likeness (QED) is 0.686. The van der Waals surface area contributed by atoms with E-state index in [0.29, 0.717) is 41.8 Å². The summed E-state index contributed by atoms with van der Waals surface area (Å²) in [4.78, 5) is 17.2. The molecule has 8 nitrogen and oxygen atoms in total. The van der Waals surface area contributed by atoms with Crippen LogP contribution in [0.25, 0.3) is 17.0 Å². The molecule has 1 aliphatic rings. The second-order valence-corrected chi connectivity index (χ2v) is 6.77. The van der Waals surface area contributed by atoms with Crippen LogP contribution in [0.5, 0.6) is 11.6 Å². The van der Waals surface area contributed by atoms with Gasteiger partial charge >= 0.3 is 0 Å². The van der Waals surface area contributed by atoms with Gasteiger partial charge in [0.15, 0.2) is 11.5 Å². The molecule has 1 aliphatic heterocycles. The van der Waals surface area contributed by atoms with Gasteiger partial charge in [0, 0.05) is 26.2 Å². The maximum Gasteiger partial charge on any atom is 0.257 e. The number of methoxy groups -OCH3 is 2. The number of carbonyl (C=O) groups is 1. The number of amides is 1. The Balaban J connectivity index is 1.83. The van der Waals surface area contributed by atoms with Crippen molar-refractivity contribution in [3.63, 3.8) is 0 Å². The summed E-state index contributed by atoms with van der Waals surface area (Å²) >= 11 is 0. The topological polar surface area (TPSA) is 72.2 Å². The zero-order valence-corrected chi connectivity index (χ0v) is 16.3. The molecule has 0 N–H and O–H groups in total. The fourth-order valence-electron chi connectivity index (χ4n) is 3.48. The average molecular weight is 381 g/mol. The fraction of sp³-hybridized carbons (Fsp3) is 0.350. The van der Waals surface area contributed by atoms with E-state index in [-0.39, 0.29) is 5.91 Å². The van der Waals surface area contributed by atoms with Crippen LogP contribution in [0.15, 0.2) is 36.4 Å². The van der Waals surface area contributed by atoms with E-state index in [4.69, 9.17) is 9.47 Å². The lowest BCUT2D eigenvalue weighted by molar-refractivity contribution is 0.0665. The number of hydrogen-bond donors (Lipinski definition) is 0. The lowest BCUT2D eigenvalue weighted by atomic mass is 10.1. The van der Waals surface area contributed by atoms with Crippen LogP contribution in [-0.2, 0) is 0 Å². The van der Waals surface area contributed by atoms with Gasteiger partial charge in [0.1, 0.15) is 5.75 Å². The van der Waals surface area contributed by atoms with E-state index in [0.717, 1.165) is 18.7 Å². The maximum absolute atomic E-state index is 13.1. The summed E-state index contributed by atoms with van der Waals surface area (Å²) in [6, 6.07) is 11.1. The minimum Gasteiger partial charge on any atom is -0.496 e. The molecule has 4 rings (SSSR count). The number of hydrogen-bond acceptors (Lipinski definition) is 6. The molecule has 0 saturated carbocycles. The molecular weight excluding hydrogens is 358 g/mol. The van der Waals surface area contributed by atoms with E-state index in [1.165, 1.54) is 0 Å². The van der Waals surface area contributed by atoms with Crippen LogP contribution in [-0.4, -0.2) is 77.8 Å². The van der Waals surface area contributed by atoms with Crippen LogP contribution in [0, 0.1) is 0 Å². The Labute approximate surface area is 163 Å². The number of fused-ring (bicyclic) bond motifs is 1. The van der Waals surface area contributed by atoms with Gasteiger partial charge in [-0.25, -0.2) is 4.40 Å². The zero-order chi connectivity index (χ0) is 19.7. The number of ether oxygens (including phenoxy) is 2. The predicted molar refractivity (Wildman–Crippen MR) is 105 cm³/mol. The normalized spacial score (nSPS) is 15.0. The Hall–Kier alpha value is -3.13. The molecule has 0 aliphatic carbocycles. The molecule has 8 heteroatoms. The molecule has 28 heavy (non-hydrogen) atoms. The van der Waals surface area contributed by atoms with Gasteiger partial charge in [0.25, 0.3) is 5.91 Å². The summed E-state index contributed by atoms with van der Waals surface area (Å²) in [5, 5.41) is 8.69. The van der Waals surface area contributed by atoms with E-state index in [9.17, 15) is 4.79 Å². The van der Waals surface area contributed by atoms with Crippen molar-refractivity contribution in [3.8, 4) is 23.0 Å². The van der Waals surface area contributed by atoms with Crippen molar-refractivity contribution in [2.75, 3.05) is 47.4 Å². The SMILES string of the molecule is COc1ccccc1-c1nnc2c(C(=O)N3CCN(C)CC3)ccc(OC)n12. The number of nitrogens with zero attached hydrogens (tertiary/aromatic N) is 5. The van der Waals surface area contributed by atoms with E-state index < -0.39 is 0 Å². The number of likely N-dealkylation sites (N-methyl/N-ethyl adjacent to an activating group) is 1. The molecule has 1 saturated heterocycles. The van der Waals surface area contributed by atoms with Gasteiger partial charge in [-0.05, 0) is 31.3 Å². The van der Waals surface area contributed by atoms with Gasteiger partial charge in [-0.3, -0.25) is 4.79 Å². The molecule has 0 atom stereocenters. The van der Waals surface area contributed by atoms with Gasteiger partial charge in [-0.2, -0.15) is 0 Å². The highest BCUT2D eigenvalue weighted by Crippen LogP contribution is 2.32. The third-order valence-corrected chi connectivity index (χ3v) is 5.09. The Morgan fingerprint density at radius 2 is 1.71 bits per heavy atom. The minimum absolute atomic E-state index is 0.0419. The summed E-state index contributed by atoms with van der Waals surface area (Å²) in [6.07, 6.45) is 0. The second-order valence-electron chi connectivity index (χ2n) is 6.77. The number of rotatable bonds is 4. The van der Waals surface area contributed by atoms with Crippen LogP contribution in [0.1, 0.15) is 10.4 Å². The summed E-state index contributed by atoms with van der Waals surface area (Å²) in [6.45, 7) is 3.11. The average Bonchev–Trinajstić information content (AvgIpc) is 3.18. The number of piperazine rings is 1. The number of aromatic nitrogens is 3. The number of pyridine rings is 1. The Morgan fingerprint density at radius 1 is 0.964 bits per heavy atom. The Morgan fingerprint density at radius 3 is 2.43 bits per heavy atom. The van der Waals surface area contributed by atoms with Gasteiger partial charge in [0.05, 0.1) is 25.3 Å². The van der Waals surface area contributed by atoms with E-state index in [2.05, 4.69) is 22.1 Å². The molecule has 0 bridgehead atoms. The zero-order valence-electron chi connectivity index (χ0n) is 16.3. The molecule has 2 aromatic heterocycles. The lowest BCUT2D eigenvalue weighted by Crippen LogP contribution is -2.47. The summed E-state index contributed by atoms with van der Waals surface area (Å²) in [5.74, 6) is 1.75. The third kappa shape index (κ3) is 3.05. The van der Waals surface area contributed by atoms with Crippen LogP contribution < -0.4 is 9.47 Å². The summed E-state index contributed by atoms with van der Waals surface area (Å²) < 4.78 is 12.8. The second kappa shape index (κ2) is 7.47.